The van der Waals surface area contributed by atoms with E-state index in [1.807, 2.05) is 17.0 Å². The first-order chi connectivity index (χ1) is 14.4. The van der Waals surface area contributed by atoms with Crippen LogP contribution in [-0.2, 0) is 6.42 Å². The Morgan fingerprint density at radius 2 is 1.87 bits per heavy atom. The maximum absolute atomic E-state index is 14.6. The van der Waals surface area contributed by atoms with Crippen molar-refractivity contribution in [1.29, 1.82) is 0 Å². The van der Waals surface area contributed by atoms with Gasteiger partial charge < -0.3 is 10.2 Å². The van der Waals surface area contributed by atoms with Gasteiger partial charge in [0.25, 0.3) is 11.8 Å². The van der Waals surface area contributed by atoms with Crippen molar-refractivity contribution in [2.75, 3.05) is 26.7 Å². The summed E-state index contributed by atoms with van der Waals surface area (Å²) in [4.78, 5) is 29.3. The molecule has 2 amide bonds. The van der Waals surface area contributed by atoms with Crippen LogP contribution in [0.5, 0.6) is 0 Å². The number of likely N-dealkylation sites (tertiary alicyclic amines) is 1. The van der Waals surface area contributed by atoms with Gasteiger partial charge in [0, 0.05) is 55.5 Å². The van der Waals surface area contributed by atoms with E-state index >= 15 is 0 Å². The third-order valence-electron chi connectivity index (χ3n) is 6.35. The van der Waals surface area contributed by atoms with Crippen LogP contribution in [0.25, 0.3) is 11.1 Å². The molecule has 1 N–H and O–H groups in total. The molecule has 2 aliphatic rings. The summed E-state index contributed by atoms with van der Waals surface area (Å²) >= 11 is 0. The first-order valence-electron chi connectivity index (χ1n) is 10.6. The van der Waals surface area contributed by atoms with Gasteiger partial charge in [-0.05, 0) is 56.0 Å². The lowest BCUT2D eigenvalue weighted by atomic mass is 9.92. The van der Waals surface area contributed by atoms with Crippen molar-refractivity contribution >= 4 is 24.2 Å². The molecule has 0 aliphatic carbocycles. The topological polar surface area (TPSA) is 52.7 Å². The molecular formula is C24H29ClFN3O2. The first kappa shape index (κ1) is 23.2. The van der Waals surface area contributed by atoms with E-state index in [1.165, 1.54) is 13.1 Å². The summed E-state index contributed by atoms with van der Waals surface area (Å²) in [6.07, 6.45) is 1.78. The van der Waals surface area contributed by atoms with E-state index in [9.17, 15) is 14.0 Å². The Kier molecular flexibility index (Phi) is 7.02. The fourth-order valence-electron chi connectivity index (χ4n) is 4.55. The minimum Gasteiger partial charge on any atom is -0.355 e. The lowest BCUT2D eigenvalue weighted by Crippen LogP contribution is -2.46. The Hall–Kier alpha value is -2.44. The van der Waals surface area contributed by atoms with Crippen molar-refractivity contribution < 1.29 is 14.0 Å². The zero-order valence-electron chi connectivity index (χ0n) is 18.2. The highest BCUT2D eigenvalue weighted by atomic mass is 35.5. The summed E-state index contributed by atoms with van der Waals surface area (Å²) in [6.45, 7) is 7.04. The van der Waals surface area contributed by atoms with Crippen molar-refractivity contribution in [2.24, 2.45) is 0 Å². The van der Waals surface area contributed by atoms with Crippen LogP contribution in [0.15, 0.2) is 36.4 Å². The third-order valence-corrected chi connectivity index (χ3v) is 6.35. The van der Waals surface area contributed by atoms with Crippen LogP contribution in [0.3, 0.4) is 0 Å². The predicted molar refractivity (Wildman–Crippen MR) is 122 cm³/mol. The average molecular weight is 446 g/mol. The van der Waals surface area contributed by atoms with Crippen LogP contribution >= 0.6 is 12.4 Å². The third kappa shape index (κ3) is 4.46. The second-order valence-corrected chi connectivity index (χ2v) is 8.43. The number of hydrogen-bond acceptors (Lipinski definition) is 3. The molecule has 2 aromatic carbocycles. The Balaban J connectivity index is 0.00000272. The van der Waals surface area contributed by atoms with Crippen molar-refractivity contribution in [3.05, 3.63) is 58.9 Å². The zero-order valence-corrected chi connectivity index (χ0v) is 19.0. The van der Waals surface area contributed by atoms with Crippen LogP contribution in [-0.4, -0.2) is 60.4 Å². The zero-order chi connectivity index (χ0) is 21.4. The standard InChI is InChI=1S/C24H28FN3O2.ClH/c1-15(2)27-10-9-19(14-27)28-11-8-17-12-16(4-7-21(17)24(28)30)20-6-5-18(13-22(20)25)23(29)26-3;/h4-7,12-13,15,19H,8-11,14H2,1-3H3,(H,26,29);1H/t19-;/m1./s1. The molecule has 31 heavy (non-hydrogen) atoms. The molecule has 4 rings (SSSR count). The molecule has 1 fully saturated rings. The number of nitrogens with zero attached hydrogens (tertiary/aromatic N) is 2. The number of fused-ring (bicyclic) bond motifs is 1. The van der Waals surface area contributed by atoms with Crippen LogP contribution in [0, 0.1) is 5.82 Å². The monoisotopic (exact) mass is 445 g/mol. The lowest BCUT2D eigenvalue weighted by Gasteiger charge is -2.34. The highest BCUT2D eigenvalue weighted by molar-refractivity contribution is 5.98. The summed E-state index contributed by atoms with van der Waals surface area (Å²) in [6, 6.07) is 10.8. The Morgan fingerprint density at radius 3 is 2.52 bits per heavy atom. The fraction of sp³-hybridized carbons (Fsp3) is 0.417. The molecule has 2 heterocycles. The number of rotatable bonds is 4. The van der Waals surface area contributed by atoms with Gasteiger partial charge in [-0.15, -0.1) is 12.4 Å². The molecule has 2 aliphatic heterocycles. The number of benzene rings is 2. The summed E-state index contributed by atoms with van der Waals surface area (Å²) in [5.74, 6) is -0.687. The molecule has 0 radical (unpaired) electrons. The van der Waals surface area contributed by atoms with E-state index in [4.69, 9.17) is 0 Å². The van der Waals surface area contributed by atoms with E-state index < -0.39 is 5.82 Å². The van der Waals surface area contributed by atoms with Crippen LogP contribution in [0.1, 0.15) is 46.5 Å². The van der Waals surface area contributed by atoms with Crippen LogP contribution in [0.4, 0.5) is 4.39 Å². The van der Waals surface area contributed by atoms with E-state index in [0.29, 0.717) is 18.2 Å². The summed E-state index contributed by atoms with van der Waals surface area (Å²) in [7, 11) is 1.52. The van der Waals surface area contributed by atoms with E-state index in [2.05, 4.69) is 24.1 Å². The number of halogens is 2. The normalized spacial score (nSPS) is 18.7. The second kappa shape index (κ2) is 9.37. The highest BCUT2D eigenvalue weighted by Crippen LogP contribution is 2.30. The van der Waals surface area contributed by atoms with Gasteiger partial charge in [0.1, 0.15) is 5.82 Å². The maximum Gasteiger partial charge on any atom is 0.254 e. The minimum absolute atomic E-state index is 0. The predicted octanol–water partition coefficient (Wildman–Crippen LogP) is 3.76. The Bertz CT molecular complexity index is 995. The molecule has 1 atom stereocenters. The molecular weight excluding hydrogens is 417 g/mol. The van der Waals surface area contributed by atoms with Gasteiger partial charge in [-0.3, -0.25) is 14.5 Å². The lowest BCUT2D eigenvalue weighted by molar-refractivity contribution is 0.0660. The van der Waals surface area contributed by atoms with E-state index in [1.54, 1.807) is 18.2 Å². The van der Waals surface area contributed by atoms with Crippen molar-refractivity contribution in [3.8, 4) is 11.1 Å². The molecule has 166 valence electrons. The number of carbonyl (C=O) groups excluding carboxylic acids is 2. The molecule has 0 saturated carbocycles. The summed E-state index contributed by atoms with van der Waals surface area (Å²) < 4.78 is 14.6. The Morgan fingerprint density at radius 1 is 1.13 bits per heavy atom. The maximum atomic E-state index is 14.6. The molecule has 0 unspecified atom stereocenters. The highest BCUT2D eigenvalue weighted by Gasteiger charge is 2.34. The second-order valence-electron chi connectivity index (χ2n) is 8.43. The van der Waals surface area contributed by atoms with E-state index in [0.717, 1.165) is 42.6 Å². The molecule has 1 saturated heterocycles. The summed E-state index contributed by atoms with van der Waals surface area (Å²) in [5, 5.41) is 2.50. The van der Waals surface area contributed by atoms with Crippen molar-refractivity contribution in [3.63, 3.8) is 0 Å². The van der Waals surface area contributed by atoms with Crippen LogP contribution < -0.4 is 5.32 Å². The smallest absolute Gasteiger partial charge is 0.254 e. The average Bonchev–Trinajstić information content (AvgIpc) is 3.23. The van der Waals surface area contributed by atoms with Gasteiger partial charge in [-0.2, -0.15) is 0 Å². The number of hydrogen-bond donors (Lipinski definition) is 1. The van der Waals surface area contributed by atoms with Gasteiger partial charge >= 0.3 is 0 Å². The number of carbonyl (C=O) groups is 2. The van der Waals surface area contributed by atoms with Crippen LogP contribution in [0.2, 0.25) is 0 Å². The molecule has 0 aromatic heterocycles. The summed E-state index contributed by atoms with van der Waals surface area (Å²) in [5.41, 5.74) is 3.12. The minimum atomic E-state index is -0.445. The largest absolute Gasteiger partial charge is 0.355 e. The first-order valence-corrected chi connectivity index (χ1v) is 10.6. The van der Waals surface area contributed by atoms with Gasteiger partial charge in [-0.1, -0.05) is 18.2 Å². The van der Waals surface area contributed by atoms with Gasteiger partial charge in [0.15, 0.2) is 0 Å². The fourth-order valence-corrected chi connectivity index (χ4v) is 4.55. The number of nitrogens with one attached hydrogen (secondary N) is 1. The SMILES string of the molecule is CNC(=O)c1ccc(-c2ccc3c(c2)CCN([C@@H]2CCN(C(C)C)C2)C3=O)c(F)c1.Cl. The van der Waals surface area contributed by atoms with Crippen molar-refractivity contribution in [2.45, 2.75) is 38.8 Å². The molecule has 0 bridgehead atoms. The Labute approximate surface area is 189 Å². The van der Waals surface area contributed by atoms with Gasteiger partial charge in [0.05, 0.1) is 0 Å². The molecule has 0 spiro atoms. The van der Waals surface area contributed by atoms with E-state index in [-0.39, 0.29) is 35.8 Å². The molecule has 2 aromatic rings. The quantitative estimate of drug-likeness (QED) is 0.779. The van der Waals surface area contributed by atoms with Crippen molar-refractivity contribution in [1.82, 2.24) is 15.1 Å². The molecule has 7 heteroatoms. The number of amides is 2. The molecule has 5 nitrogen and oxygen atoms in total. The van der Waals surface area contributed by atoms with Gasteiger partial charge in [0.2, 0.25) is 0 Å². The van der Waals surface area contributed by atoms with Gasteiger partial charge in [-0.25, -0.2) is 4.39 Å².